The van der Waals surface area contributed by atoms with Crippen LogP contribution in [0.5, 0.6) is 5.75 Å². The highest BCUT2D eigenvalue weighted by Crippen LogP contribution is 2.27. The first-order chi connectivity index (χ1) is 9.11. The lowest BCUT2D eigenvalue weighted by molar-refractivity contribution is 0.407. The summed E-state index contributed by atoms with van der Waals surface area (Å²) in [5.41, 5.74) is 7.45. The molecule has 1 unspecified atom stereocenters. The highest BCUT2D eigenvalue weighted by atomic mass is 79.9. The van der Waals surface area contributed by atoms with Crippen LogP contribution < -0.4 is 10.5 Å². The minimum absolute atomic E-state index is 0.385. The molecule has 3 nitrogen and oxygen atoms in total. The third kappa shape index (κ3) is 3.30. The molecule has 2 N–H and O–H groups in total. The molecule has 1 heterocycles. The summed E-state index contributed by atoms with van der Waals surface area (Å²) in [7, 11) is 1.60. The molecule has 19 heavy (non-hydrogen) atoms. The first kappa shape index (κ1) is 14.0. The summed E-state index contributed by atoms with van der Waals surface area (Å²) < 4.78 is 19.8. The molecule has 5 heteroatoms. The van der Waals surface area contributed by atoms with Crippen molar-refractivity contribution in [3.8, 4) is 5.75 Å². The summed E-state index contributed by atoms with van der Waals surface area (Å²) >= 11 is 3.41. The van der Waals surface area contributed by atoms with Gasteiger partial charge >= 0.3 is 0 Å². The highest BCUT2D eigenvalue weighted by molar-refractivity contribution is 9.10. The van der Waals surface area contributed by atoms with Gasteiger partial charge in [-0.05, 0) is 36.2 Å². The lowest BCUT2D eigenvalue weighted by Crippen LogP contribution is -2.15. The van der Waals surface area contributed by atoms with Gasteiger partial charge < -0.3 is 10.5 Å². The number of aromatic nitrogens is 1. The van der Waals surface area contributed by atoms with Crippen LogP contribution in [0.2, 0.25) is 0 Å². The Hall–Kier alpha value is -1.46. The normalized spacial score (nSPS) is 12.2. The second-order valence-corrected chi connectivity index (χ2v) is 5.08. The Balaban J connectivity index is 2.26. The van der Waals surface area contributed by atoms with E-state index in [0.717, 1.165) is 15.8 Å². The monoisotopic (exact) mass is 324 g/mol. The van der Waals surface area contributed by atoms with E-state index in [-0.39, 0.29) is 5.82 Å². The second-order valence-electron chi connectivity index (χ2n) is 4.16. The predicted octanol–water partition coefficient (Wildman–Crippen LogP) is 3.23. The molecule has 100 valence electrons. The van der Waals surface area contributed by atoms with Gasteiger partial charge in [-0.1, -0.05) is 15.9 Å². The number of rotatable bonds is 4. The van der Waals surface area contributed by atoms with Crippen LogP contribution in [0.15, 0.2) is 41.1 Å². The average Bonchev–Trinajstić information content (AvgIpc) is 2.39. The lowest BCUT2D eigenvalue weighted by Gasteiger charge is -2.15. The van der Waals surface area contributed by atoms with Crippen LogP contribution in [0.1, 0.15) is 17.2 Å². The molecule has 0 aliphatic heterocycles. The molecular formula is C14H14BrFN2O. The Labute approximate surface area is 119 Å². The number of hydrogen-bond donors (Lipinski definition) is 1. The van der Waals surface area contributed by atoms with Gasteiger partial charge in [-0.3, -0.25) is 4.98 Å². The third-order valence-corrected chi connectivity index (χ3v) is 3.38. The number of methoxy groups -OCH3 is 1. The van der Waals surface area contributed by atoms with Crippen LogP contribution in [-0.2, 0) is 6.42 Å². The Morgan fingerprint density at radius 3 is 2.89 bits per heavy atom. The van der Waals surface area contributed by atoms with E-state index in [2.05, 4.69) is 20.9 Å². The fourth-order valence-electron chi connectivity index (χ4n) is 1.94. The second kappa shape index (κ2) is 6.12. The Kier molecular flexibility index (Phi) is 4.50. The number of nitrogens with zero attached hydrogens (tertiary/aromatic N) is 1. The number of pyridine rings is 1. The van der Waals surface area contributed by atoms with Crippen LogP contribution in [0.4, 0.5) is 4.39 Å². The molecule has 1 aromatic carbocycles. The van der Waals surface area contributed by atoms with Gasteiger partial charge in [0.05, 0.1) is 13.3 Å². The molecule has 0 spiro atoms. The van der Waals surface area contributed by atoms with E-state index in [1.54, 1.807) is 13.2 Å². The van der Waals surface area contributed by atoms with Gasteiger partial charge in [-0.2, -0.15) is 0 Å². The number of hydrogen-bond acceptors (Lipinski definition) is 3. The van der Waals surface area contributed by atoms with E-state index < -0.39 is 6.04 Å². The summed E-state index contributed by atoms with van der Waals surface area (Å²) in [5.74, 6) is 0.358. The quantitative estimate of drug-likeness (QED) is 0.939. The van der Waals surface area contributed by atoms with E-state index in [0.29, 0.717) is 12.0 Å². The summed E-state index contributed by atoms with van der Waals surface area (Å²) in [6.07, 6.45) is 3.20. The van der Waals surface area contributed by atoms with Crippen LogP contribution in [0.25, 0.3) is 0 Å². The number of benzene rings is 1. The van der Waals surface area contributed by atoms with Gasteiger partial charge in [0.25, 0.3) is 0 Å². The maximum atomic E-state index is 13.6. The minimum atomic E-state index is -0.439. The van der Waals surface area contributed by atoms with E-state index in [4.69, 9.17) is 10.5 Å². The molecule has 2 rings (SSSR count). The SMILES string of the molecule is COc1ccc(Br)cc1CC(N)c1ccncc1F. The molecule has 0 saturated heterocycles. The zero-order valence-electron chi connectivity index (χ0n) is 10.4. The van der Waals surface area contributed by atoms with E-state index in [1.807, 2.05) is 18.2 Å². The maximum Gasteiger partial charge on any atom is 0.146 e. The Bertz CT molecular complexity index is 577. The number of nitrogens with two attached hydrogens (primary N) is 1. The molecule has 0 fully saturated rings. The Morgan fingerprint density at radius 1 is 1.42 bits per heavy atom. The van der Waals surface area contributed by atoms with Gasteiger partial charge in [-0.25, -0.2) is 4.39 Å². The predicted molar refractivity (Wildman–Crippen MR) is 75.5 cm³/mol. The van der Waals surface area contributed by atoms with Crippen molar-refractivity contribution in [1.82, 2.24) is 4.98 Å². The third-order valence-electron chi connectivity index (χ3n) is 2.89. The van der Waals surface area contributed by atoms with Crippen molar-refractivity contribution in [3.63, 3.8) is 0 Å². The van der Waals surface area contributed by atoms with Crippen LogP contribution in [-0.4, -0.2) is 12.1 Å². The van der Waals surface area contributed by atoms with Crippen LogP contribution in [0.3, 0.4) is 0 Å². The summed E-state index contributed by atoms with van der Waals surface area (Å²) in [6.45, 7) is 0. The molecule has 0 amide bonds. The molecule has 0 aliphatic carbocycles. The van der Waals surface area contributed by atoms with Crippen molar-refractivity contribution < 1.29 is 9.13 Å². The molecule has 1 atom stereocenters. The minimum Gasteiger partial charge on any atom is -0.496 e. The summed E-state index contributed by atoms with van der Waals surface area (Å²) in [6, 6.07) is 6.84. The van der Waals surface area contributed by atoms with Gasteiger partial charge in [0.2, 0.25) is 0 Å². The van der Waals surface area contributed by atoms with Crippen molar-refractivity contribution in [2.45, 2.75) is 12.5 Å². The van der Waals surface area contributed by atoms with E-state index >= 15 is 0 Å². The first-order valence-electron chi connectivity index (χ1n) is 5.79. The fraction of sp³-hybridized carbons (Fsp3) is 0.214. The Morgan fingerprint density at radius 2 is 2.21 bits per heavy atom. The van der Waals surface area contributed by atoms with E-state index in [1.165, 1.54) is 12.4 Å². The molecule has 2 aromatic rings. The zero-order chi connectivity index (χ0) is 13.8. The molecule has 0 saturated carbocycles. The first-order valence-corrected chi connectivity index (χ1v) is 6.58. The summed E-state index contributed by atoms with van der Waals surface area (Å²) in [5, 5.41) is 0. The summed E-state index contributed by atoms with van der Waals surface area (Å²) in [4.78, 5) is 3.72. The van der Waals surface area contributed by atoms with Gasteiger partial charge in [0, 0.05) is 22.3 Å². The lowest BCUT2D eigenvalue weighted by atomic mass is 9.99. The van der Waals surface area contributed by atoms with Crippen LogP contribution >= 0.6 is 15.9 Å². The molecule has 1 aromatic heterocycles. The van der Waals surface area contributed by atoms with Crippen molar-refractivity contribution in [2.24, 2.45) is 5.73 Å². The average molecular weight is 325 g/mol. The fourth-order valence-corrected chi connectivity index (χ4v) is 2.35. The zero-order valence-corrected chi connectivity index (χ0v) is 12.0. The molecular weight excluding hydrogens is 311 g/mol. The van der Waals surface area contributed by atoms with Crippen molar-refractivity contribution in [1.29, 1.82) is 0 Å². The smallest absolute Gasteiger partial charge is 0.146 e. The largest absolute Gasteiger partial charge is 0.496 e. The van der Waals surface area contributed by atoms with Gasteiger partial charge in [0.15, 0.2) is 0 Å². The number of ether oxygens (including phenoxy) is 1. The van der Waals surface area contributed by atoms with Crippen molar-refractivity contribution >= 4 is 15.9 Å². The molecule has 0 aliphatic rings. The standard InChI is InChI=1S/C14H14BrFN2O/c1-19-14-3-2-10(15)6-9(14)7-13(17)11-4-5-18-8-12(11)16/h2-6,8,13H,7,17H2,1H3. The highest BCUT2D eigenvalue weighted by Gasteiger charge is 2.14. The van der Waals surface area contributed by atoms with Crippen molar-refractivity contribution in [2.75, 3.05) is 7.11 Å². The molecule has 0 radical (unpaired) electrons. The van der Waals surface area contributed by atoms with E-state index in [9.17, 15) is 4.39 Å². The number of halogens is 2. The molecule has 0 bridgehead atoms. The van der Waals surface area contributed by atoms with Gasteiger partial charge in [-0.15, -0.1) is 0 Å². The van der Waals surface area contributed by atoms with Gasteiger partial charge in [0.1, 0.15) is 11.6 Å². The maximum absolute atomic E-state index is 13.6. The van der Waals surface area contributed by atoms with Crippen molar-refractivity contribution in [3.05, 3.63) is 58.1 Å². The topological polar surface area (TPSA) is 48.1 Å². The van der Waals surface area contributed by atoms with Crippen LogP contribution in [0, 0.1) is 5.82 Å².